The molecule has 0 amide bonds. The Morgan fingerprint density at radius 3 is 2.67 bits per heavy atom. The molecule has 0 atom stereocenters. The zero-order chi connectivity index (χ0) is 8.27. The molecule has 1 aromatic rings. The van der Waals surface area contributed by atoms with Gasteiger partial charge in [0.25, 0.3) is 0 Å². The van der Waals surface area contributed by atoms with Gasteiger partial charge in [0, 0.05) is 22.6 Å². The Balaban J connectivity index is 0.00000121. The molecule has 3 nitrogen and oxygen atoms in total. The van der Waals surface area contributed by atoms with Gasteiger partial charge in [-0.15, -0.1) is 0 Å². The van der Waals surface area contributed by atoms with Gasteiger partial charge in [-0.25, -0.2) is 0 Å². The number of hydrogen-bond acceptors (Lipinski definition) is 3. The third-order valence-electron chi connectivity index (χ3n) is 1.34. The fourth-order valence-electron chi connectivity index (χ4n) is 0.768. The molecule has 1 N–H and O–H groups in total. The van der Waals surface area contributed by atoms with Crippen molar-refractivity contribution >= 4 is 6.29 Å². The Hall–Kier alpha value is -0.991. The molecule has 0 spiro atoms. The topological polar surface area (TPSA) is 46.5 Å². The van der Waals surface area contributed by atoms with Crippen LogP contribution >= 0.6 is 0 Å². The maximum atomic E-state index is 10.2. The minimum Gasteiger partial charge on any atom is -0.504 e. The van der Waals surface area contributed by atoms with E-state index in [4.69, 9.17) is 9.84 Å². The van der Waals surface area contributed by atoms with Crippen LogP contribution in [0, 0.1) is 0 Å². The molecule has 0 aliphatic rings. The summed E-state index contributed by atoms with van der Waals surface area (Å²) in [6, 6.07) is 4.41. The molecule has 0 aliphatic carbocycles. The first-order valence-electron chi connectivity index (χ1n) is 3.10. The van der Waals surface area contributed by atoms with Gasteiger partial charge in [0.15, 0.2) is 11.5 Å². The Kier molecular flexibility index (Phi) is 4.40. The van der Waals surface area contributed by atoms with Crippen LogP contribution in [0.4, 0.5) is 0 Å². The molecule has 0 heterocycles. The summed E-state index contributed by atoms with van der Waals surface area (Å²) in [7, 11) is 1.43. The molecule has 0 fully saturated rings. The summed E-state index contributed by atoms with van der Waals surface area (Å²) in [5.41, 5.74) is 0.486. The van der Waals surface area contributed by atoms with Crippen LogP contribution in [-0.4, -0.2) is 18.5 Å². The molecule has 0 saturated heterocycles. The number of methoxy groups -OCH3 is 1. The standard InChI is InChI=1S/C8H8O3.Fe/c1-11-8-4-6(5-9)2-3-7(8)10;/h2-5,10H,1H3;. The van der Waals surface area contributed by atoms with E-state index >= 15 is 0 Å². The summed E-state index contributed by atoms with van der Waals surface area (Å²) >= 11 is 0. The van der Waals surface area contributed by atoms with Crippen molar-refractivity contribution in [1.82, 2.24) is 0 Å². The second-order valence-electron chi connectivity index (χ2n) is 2.05. The van der Waals surface area contributed by atoms with E-state index in [1.165, 1.54) is 25.3 Å². The zero-order valence-electron chi connectivity index (χ0n) is 6.43. The van der Waals surface area contributed by atoms with E-state index in [-0.39, 0.29) is 22.8 Å². The number of aldehydes is 1. The van der Waals surface area contributed by atoms with Crippen molar-refractivity contribution in [1.29, 1.82) is 0 Å². The number of phenols is 1. The third-order valence-corrected chi connectivity index (χ3v) is 1.34. The van der Waals surface area contributed by atoms with Gasteiger partial charge in [0.2, 0.25) is 0 Å². The van der Waals surface area contributed by atoms with E-state index in [0.29, 0.717) is 17.6 Å². The molecule has 0 bridgehead atoms. The molecule has 1 rings (SSSR count). The largest absolute Gasteiger partial charge is 0.504 e. The van der Waals surface area contributed by atoms with Crippen LogP contribution in [0.2, 0.25) is 0 Å². The van der Waals surface area contributed by atoms with Crippen molar-refractivity contribution < 1.29 is 31.7 Å². The Labute approximate surface area is 80.8 Å². The van der Waals surface area contributed by atoms with Gasteiger partial charge in [-0.2, -0.15) is 0 Å². The third kappa shape index (κ3) is 2.26. The van der Waals surface area contributed by atoms with Crippen molar-refractivity contribution in [2.75, 3.05) is 7.11 Å². The van der Waals surface area contributed by atoms with Crippen molar-refractivity contribution in [2.45, 2.75) is 0 Å². The average Bonchev–Trinajstić information content (AvgIpc) is 2.05. The Morgan fingerprint density at radius 2 is 2.17 bits per heavy atom. The Morgan fingerprint density at radius 1 is 1.50 bits per heavy atom. The summed E-state index contributed by atoms with van der Waals surface area (Å²) in [5, 5.41) is 9.09. The average molecular weight is 208 g/mol. The van der Waals surface area contributed by atoms with Gasteiger partial charge in [-0.05, 0) is 18.2 Å². The van der Waals surface area contributed by atoms with Crippen LogP contribution in [-0.2, 0) is 17.1 Å². The summed E-state index contributed by atoms with van der Waals surface area (Å²) in [5.74, 6) is 0.354. The number of carbonyl (C=O) groups excluding carboxylic acids is 1. The van der Waals surface area contributed by atoms with Crippen LogP contribution in [0.1, 0.15) is 10.4 Å². The maximum Gasteiger partial charge on any atom is 0.161 e. The van der Waals surface area contributed by atoms with Gasteiger partial charge in [0.05, 0.1) is 7.11 Å². The molecule has 0 aromatic heterocycles. The van der Waals surface area contributed by atoms with Crippen molar-refractivity contribution in [3.8, 4) is 11.5 Å². The molecule has 4 heteroatoms. The van der Waals surface area contributed by atoms with Crippen LogP contribution in [0.25, 0.3) is 0 Å². The number of hydrogen-bond donors (Lipinski definition) is 1. The molecule has 0 radical (unpaired) electrons. The monoisotopic (exact) mass is 208 g/mol. The second-order valence-corrected chi connectivity index (χ2v) is 2.05. The Bertz CT molecular complexity index is 273. The summed E-state index contributed by atoms with van der Waals surface area (Å²) in [4.78, 5) is 10.2. The van der Waals surface area contributed by atoms with Crippen LogP contribution < -0.4 is 4.74 Å². The minimum absolute atomic E-state index is 0. The summed E-state index contributed by atoms with van der Waals surface area (Å²) in [6.07, 6.45) is 0.696. The van der Waals surface area contributed by atoms with Crippen LogP contribution in [0.5, 0.6) is 11.5 Å². The minimum atomic E-state index is 0. The smallest absolute Gasteiger partial charge is 0.161 e. The predicted octanol–water partition coefficient (Wildman–Crippen LogP) is 1.21. The maximum absolute atomic E-state index is 10.2. The molecular formula is C8H8FeO3. The number of benzene rings is 1. The van der Waals surface area contributed by atoms with Gasteiger partial charge in [0.1, 0.15) is 6.29 Å². The number of rotatable bonds is 2. The number of ether oxygens (including phenoxy) is 1. The number of carbonyl (C=O) groups is 1. The van der Waals surface area contributed by atoms with Crippen LogP contribution in [0.3, 0.4) is 0 Å². The molecule has 1 aromatic carbocycles. The number of aromatic hydroxyl groups is 1. The zero-order valence-corrected chi connectivity index (χ0v) is 7.53. The molecule has 0 unspecified atom stereocenters. The SMILES string of the molecule is COc1cc(C=O)ccc1O.[Fe]. The van der Waals surface area contributed by atoms with Crippen molar-refractivity contribution in [2.24, 2.45) is 0 Å². The fourth-order valence-corrected chi connectivity index (χ4v) is 0.768. The normalized spacial score (nSPS) is 8.42. The quantitative estimate of drug-likeness (QED) is 0.586. The second kappa shape index (κ2) is 4.80. The van der Waals surface area contributed by atoms with E-state index < -0.39 is 0 Å². The van der Waals surface area contributed by atoms with E-state index in [2.05, 4.69) is 0 Å². The first-order chi connectivity index (χ1) is 5.27. The first-order valence-corrected chi connectivity index (χ1v) is 3.10. The van der Waals surface area contributed by atoms with E-state index in [1.54, 1.807) is 0 Å². The van der Waals surface area contributed by atoms with Gasteiger partial charge in [-0.1, -0.05) is 0 Å². The van der Waals surface area contributed by atoms with Gasteiger partial charge < -0.3 is 9.84 Å². The molecule has 0 aliphatic heterocycles. The van der Waals surface area contributed by atoms with Gasteiger partial charge in [-0.3, -0.25) is 4.79 Å². The van der Waals surface area contributed by atoms with Gasteiger partial charge >= 0.3 is 0 Å². The van der Waals surface area contributed by atoms with Crippen LogP contribution in [0.15, 0.2) is 18.2 Å². The van der Waals surface area contributed by atoms with E-state index in [9.17, 15) is 4.79 Å². The van der Waals surface area contributed by atoms with E-state index in [1.807, 2.05) is 0 Å². The molecule has 12 heavy (non-hydrogen) atoms. The van der Waals surface area contributed by atoms with E-state index in [0.717, 1.165) is 0 Å². The molecular weight excluding hydrogens is 200 g/mol. The summed E-state index contributed by atoms with van der Waals surface area (Å²) in [6.45, 7) is 0. The van der Waals surface area contributed by atoms with Crippen molar-refractivity contribution in [3.63, 3.8) is 0 Å². The number of phenolic OH excluding ortho intramolecular Hbond substituents is 1. The summed E-state index contributed by atoms with van der Waals surface area (Å²) < 4.78 is 4.78. The fraction of sp³-hybridized carbons (Fsp3) is 0.125. The molecule has 66 valence electrons. The van der Waals surface area contributed by atoms with Crippen molar-refractivity contribution in [3.05, 3.63) is 23.8 Å². The predicted molar refractivity (Wildman–Crippen MR) is 40.0 cm³/mol. The molecule has 0 saturated carbocycles. The first kappa shape index (κ1) is 11.0.